The molecule has 1 fully saturated rings. The van der Waals surface area contributed by atoms with Crippen molar-refractivity contribution in [3.63, 3.8) is 0 Å². The monoisotopic (exact) mass is 323 g/mol. The first-order valence-corrected chi connectivity index (χ1v) is 8.25. The Labute approximate surface area is 138 Å². The predicted molar refractivity (Wildman–Crippen MR) is 90.1 cm³/mol. The quantitative estimate of drug-likeness (QED) is 0.404. The van der Waals surface area contributed by atoms with Crippen LogP contribution in [-0.4, -0.2) is 28.9 Å². The fourth-order valence-electron chi connectivity index (χ4n) is 3.87. The average molecular weight is 323 g/mol. The molecule has 0 aromatic carbocycles. The molecule has 6 nitrogen and oxygen atoms in total. The number of carboxylic acid groups (broad SMARTS) is 1. The van der Waals surface area contributed by atoms with Gasteiger partial charge in [-0.2, -0.15) is 0 Å². The van der Waals surface area contributed by atoms with Gasteiger partial charge in [0, 0.05) is 13.0 Å². The SMILES string of the molecule is C=C(C(=N)N)[C@@H]1C[C@H](C(=O)O)C[C@H]1C(NC(C)=O)C(CC)CC. The van der Waals surface area contributed by atoms with E-state index >= 15 is 0 Å². The molecule has 1 aliphatic carbocycles. The number of carbonyl (C=O) groups is 2. The van der Waals surface area contributed by atoms with Crippen LogP contribution in [-0.2, 0) is 9.59 Å². The van der Waals surface area contributed by atoms with E-state index in [-0.39, 0.29) is 35.5 Å². The highest BCUT2D eigenvalue weighted by atomic mass is 16.4. The van der Waals surface area contributed by atoms with Crippen molar-refractivity contribution in [3.8, 4) is 0 Å². The van der Waals surface area contributed by atoms with Crippen LogP contribution in [0.1, 0.15) is 46.5 Å². The number of amides is 1. The van der Waals surface area contributed by atoms with E-state index in [0.29, 0.717) is 18.4 Å². The van der Waals surface area contributed by atoms with Crippen molar-refractivity contribution >= 4 is 17.7 Å². The lowest BCUT2D eigenvalue weighted by Gasteiger charge is -2.35. The third-order valence-corrected chi connectivity index (χ3v) is 5.14. The summed E-state index contributed by atoms with van der Waals surface area (Å²) in [5.74, 6) is -1.50. The first-order valence-electron chi connectivity index (χ1n) is 8.25. The fourth-order valence-corrected chi connectivity index (χ4v) is 3.87. The summed E-state index contributed by atoms with van der Waals surface area (Å²) in [6.07, 6.45) is 2.70. The van der Waals surface area contributed by atoms with Gasteiger partial charge >= 0.3 is 5.97 Å². The summed E-state index contributed by atoms with van der Waals surface area (Å²) in [7, 11) is 0. The third kappa shape index (κ3) is 4.56. The largest absolute Gasteiger partial charge is 0.481 e. The highest BCUT2D eigenvalue weighted by molar-refractivity contribution is 5.94. The number of nitrogens with one attached hydrogen (secondary N) is 2. The molecule has 1 saturated carbocycles. The summed E-state index contributed by atoms with van der Waals surface area (Å²) in [5, 5.41) is 20.1. The van der Waals surface area contributed by atoms with Crippen LogP contribution in [0.2, 0.25) is 0 Å². The molecular weight excluding hydrogens is 294 g/mol. The Hall–Kier alpha value is -1.85. The van der Waals surface area contributed by atoms with Gasteiger partial charge in [-0.25, -0.2) is 0 Å². The van der Waals surface area contributed by atoms with Crippen LogP contribution in [0.25, 0.3) is 0 Å². The number of amidine groups is 1. The molecule has 4 atom stereocenters. The minimum absolute atomic E-state index is 0.0544. The van der Waals surface area contributed by atoms with Gasteiger partial charge in [-0.3, -0.25) is 15.0 Å². The standard InChI is InChI=1S/C17H29N3O3/c1-5-11(6-2)15(20-10(4)21)14-8-12(17(22)23)7-13(14)9(3)16(18)19/h11-15H,3,5-8H2,1-2,4H3,(H3,18,19)(H,20,21)(H,22,23)/t12-,13-,14+,15?/m0/s1. The lowest BCUT2D eigenvalue weighted by atomic mass is 9.77. The van der Waals surface area contributed by atoms with E-state index in [1.165, 1.54) is 6.92 Å². The summed E-state index contributed by atoms with van der Waals surface area (Å²) in [6, 6.07) is -0.118. The number of hydrogen-bond acceptors (Lipinski definition) is 3. The van der Waals surface area contributed by atoms with Crippen LogP contribution >= 0.6 is 0 Å². The second-order valence-electron chi connectivity index (χ2n) is 6.52. The lowest BCUT2D eigenvalue weighted by Crippen LogP contribution is -2.46. The molecule has 23 heavy (non-hydrogen) atoms. The number of rotatable bonds is 8. The third-order valence-electron chi connectivity index (χ3n) is 5.14. The second kappa shape index (κ2) is 8.13. The van der Waals surface area contributed by atoms with Crippen molar-refractivity contribution in [1.29, 1.82) is 5.41 Å². The maximum Gasteiger partial charge on any atom is 0.306 e. The van der Waals surface area contributed by atoms with Crippen LogP contribution in [0.5, 0.6) is 0 Å². The molecular formula is C17H29N3O3. The van der Waals surface area contributed by atoms with Gasteiger partial charge in [0.2, 0.25) is 5.91 Å². The van der Waals surface area contributed by atoms with Crippen molar-refractivity contribution in [1.82, 2.24) is 5.32 Å². The number of carbonyl (C=O) groups excluding carboxylic acids is 1. The molecule has 0 heterocycles. The molecule has 1 unspecified atom stereocenters. The number of nitrogens with two attached hydrogens (primary N) is 1. The molecule has 130 valence electrons. The van der Waals surface area contributed by atoms with E-state index in [4.69, 9.17) is 11.1 Å². The molecule has 0 aromatic heterocycles. The highest BCUT2D eigenvalue weighted by Gasteiger charge is 2.45. The van der Waals surface area contributed by atoms with Crippen LogP contribution in [0, 0.1) is 29.1 Å². The summed E-state index contributed by atoms with van der Waals surface area (Å²) in [6.45, 7) is 9.52. The molecule has 0 radical (unpaired) electrons. The summed E-state index contributed by atoms with van der Waals surface area (Å²) in [4.78, 5) is 23.1. The van der Waals surface area contributed by atoms with E-state index in [1.807, 2.05) is 0 Å². The zero-order valence-corrected chi connectivity index (χ0v) is 14.3. The predicted octanol–water partition coefficient (Wildman–Crippen LogP) is 2.15. The van der Waals surface area contributed by atoms with E-state index < -0.39 is 11.9 Å². The minimum atomic E-state index is -0.833. The zero-order valence-electron chi connectivity index (χ0n) is 14.3. The fraction of sp³-hybridized carbons (Fsp3) is 0.706. The lowest BCUT2D eigenvalue weighted by molar-refractivity contribution is -0.141. The molecule has 0 spiro atoms. The molecule has 1 aliphatic rings. The Morgan fingerprint density at radius 3 is 2.30 bits per heavy atom. The van der Waals surface area contributed by atoms with Gasteiger partial charge in [0.05, 0.1) is 5.92 Å². The molecule has 0 saturated heterocycles. The Bertz CT molecular complexity index is 485. The van der Waals surface area contributed by atoms with Gasteiger partial charge in [0.25, 0.3) is 0 Å². The molecule has 5 N–H and O–H groups in total. The molecule has 1 rings (SSSR count). The van der Waals surface area contributed by atoms with Gasteiger partial charge in [0.15, 0.2) is 0 Å². The van der Waals surface area contributed by atoms with Crippen molar-refractivity contribution < 1.29 is 14.7 Å². The highest BCUT2D eigenvalue weighted by Crippen LogP contribution is 2.44. The molecule has 0 aliphatic heterocycles. The van der Waals surface area contributed by atoms with Gasteiger partial charge in [-0.05, 0) is 36.2 Å². The summed E-state index contributed by atoms with van der Waals surface area (Å²) < 4.78 is 0. The average Bonchev–Trinajstić information content (AvgIpc) is 2.91. The first-order chi connectivity index (χ1) is 10.7. The van der Waals surface area contributed by atoms with E-state index in [1.54, 1.807) is 0 Å². The van der Waals surface area contributed by atoms with Crippen LogP contribution in [0.4, 0.5) is 0 Å². The summed E-state index contributed by atoms with van der Waals surface area (Å²) >= 11 is 0. The van der Waals surface area contributed by atoms with Gasteiger partial charge < -0.3 is 16.2 Å². The Balaban J connectivity index is 3.16. The van der Waals surface area contributed by atoms with E-state index in [9.17, 15) is 14.7 Å². The maximum absolute atomic E-state index is 11.7. The van der Waals surface area contributed by atoms with Crippen molar-refractivity contribution in [3.05, 3.63) is 12.2 Å². The van der Waals surface area contributed by atoms with Gasteiger partial charge in [0.1, 0.15) is 5.84 Å². The molecule has 0 aromatic rings. The van der Waals surface area contributed by atoms with Gasteiger partial charge in [-0.1, -0.05) is 33.3 Å². The van der Waals surface area contributed by atoms with Crippen LogP contribution in [0.15, 0.2) is 12.2 Å². The van der Waals surface area contributed by atoms with E-state index in [2.05, 4.69) is 25.7 Å². The number of carboxylic acids is 1. The second-order valence-corrected chi connectivity index (χ2v) is 6.52. The molecule has 6 heteroatoms. The van der Waals surface area contributed by atoms with Crippen molar-refractivity contribution in [2.24, 2.45) is 29.4 Å². The van der Waals surface area contributed by atoms with Crippen LogP contribution in [0.3, 0.4) is 0 Å². The number of hydrogen-bond donors (Lipinski definition) is 4. The van der Waals surface area contributed by atoms with Gasteiger partial charge in [-0.15, -0.1) is 0 Å². The Kier molecular flexibility index (Phi) is 6.79. The topological polar surface area (TPSA) is 116 Å². The smallest absolute Gasteiger partial charge is 0.306 e. The summed E-state index contributed by atoms with van der Waals surface area (Å²) in [5.41, 5.74) is 6.08. The Morgan fingerprint density at radius 2 is 1.91 bits per heavy atom. The van der Waals surface area contributed by atoms with Crippen molar-refractivity contribution in [2.75, 3.05) is 0 Å². The van der Waals surface area contributed by atoms with E-state index in [0.717, 1.165) is 12.8 Å². The molecule has 1 amide bonds. The first kappa shape index (κ1) is 19.2. The van der Waals surface area contributed by atoms with Crippen molar-refractivity contribution in [2.45, 2.75) is 52.5 Å². The van der Waals surface area contributed by atoms with Crippen LogP contribution < -0.4 is 11.1 Å². The minimum Gasteiger partial charge on any atom is -0.481 e. The Morgan fingerprint density at radius 1 is 1.35 bits per heavy atom. The number of aliphatic carboxylic acids is 1. The normalized spacial score (nSPS) is 25.1. The maximum atomic E-state index is 11.7. The zero-order chi connectivity index (χ0) is 17.7. The molecule has 0 bridgehead atoms.